The summed E-state index contributed by atoms with van der Waals surface area (Å²) in [6.45, 7) is 1.39. The predicted molar refractivity (Wildman–Crippen MR) is 88.4 cm³/mol. The summed E-state index contributed by atoms with van der Waals surface area (Å²) >= 11 is 0. The van der Waals surface area contributed by atoms with Crippen molar-refractivity contribution in [3.8, 4) is 0 Å². The molecule has 23 heavy (non-hydrogen) atoms. The van der Waals surface area contributed by atoms with Crippen molar-refractivity contribution in [1.82, 2.24) is 9.13 Å². The summed E-state index contributed by atoms with van der Waals surface area (Å²) in [5.41, 5.74) is 9.88. The molecule has 1 saturated carbocycles. The summed E-state index contributed by atoms with van der Waals surface area (Å²) < 4.78 is 15.0. The number of hydrogen-bond acceptors (Lipinski definition) is 4. The van der Waals surface area contributed by atoms with Crippen molar-refractivity contribution in [2.75, 3.05) is 18.9 Å². The molecule has 0 amide bonds. The number of benzene rings is 1. The number of nitrogens with zero attached hydrogens (tertiary/aromatic N) is 2. The quantitative estimate of drug-likeness (QED) is 0.815. The maximum absolute atomic E-state index is 12.3. The zero-order valence-corrected chi connectivity index (χ0v) is 13.7. The van der Waals surface area contributed by atoms with E-state index >= 15 is 0 Å². The molecule has 1 saturated heterocycles. The number of rotatable bonds is 1. The Labute approximate surface area is 134 Å². The number of ether oxygens (including phenoxy) is 2. The van der Waals surface area contributed by atoms with Gasteiger partial charge in [0.1, 0.15) is 0 Å². The molecule has 6 heteroatoms. The standard InChI is InChI=1S/C17H23N3O3/c1-19-14-10-12(18)9-13(15(14)20(2)16(19)21)11-3-5-17(6-4-11)22-7-8-23-17/h9-11H,3-8,18H2,1-2H3. The van der Waals surface area contributed by atoms with Crippen molar-refractivity contribution in [1.29, 1.82) is 0 Å². The van der Waals surface area contributed by atoms with E-state index in [4.69, 9.17) is 15.2 Å². The molecule has 2 heterocycles. The molecule has 0 radical (unpaired) electrons. The van der Waals surface area contributed by atoms with E-state index in [1.54, 1.807) is 16.2 Å². The topological polar surface area (TPSA) is 71.4 Å². The maximum atomic E-state index is 12.3. The van der Waals surface area contributed by atoms with Crippen LogP contribution in [0.25, 0.3) is 11.0 Å². The second-order valence-electron chi connectivity index (χ2n) is 6.76. The summed E-state index contributed by atoms with van der Waals surface area (Å²) in [7, 11) is 3.63. The van der Waals surface area contributed by atoms with Crippen molar-refractivity contribution in [3.05, 3.63) is 28.2 Å². The fourth-order valence-corrected chi connectivity index (χ4v) is 4.17. The van der Waals surface area contributed by atoms with Crippen LogP contribution in [0, 0.1) is 0 Å². The first-order valence-corrected chi connectivity index (χ1v) is 8.23. The number of aryl methyl sites for hydroxylation is 2. The highest BCUT2D eigenvalue weighted by molar-refractivity contribution is 5.84. The van der Waals surface area contributed by atoms with Gasteiger partial charge in [-0.15, -0.1) is 0 Å². The first-order valence-electron chi connectivity index (χ1n) is 8.23. The van der Waals surface area contributed by atoms with Gasteiger partial charge in [-0.25, -0.2) is 4.79 Å². The van der Waals surface area contributed by atoms with Gasteiger partial charge in [-0.2, -0.15) is 0 Å². The predicted octanol–water partition coefficient (Wildman–Crippen LogP) is 1.86. The lowest BCUT2D eigenvalue weighted by Crippen LogP contribution is -2.34. The number of imidazole rings is 1. The minimum Gasteiger partial charge on any atom is -0.399 e. The van der Waals surface area contributed by atoms with Crippen molar-refractivity contribution in [3.63, 3.8) is 0 Å². The van der Waals surface area contributed by atoms with Crippen LogP contribution >= 0.6 is 0 Å². The van der Waals surface area contributed by atoms with Gasteiger partial charge < -0.3 is 15.2 Å². The van der Waals surface area contributed by atoms with Crippen molar-refractivity contribution in [2.45, 2.75) is 37.4 Å². The molecule has 2 N–H and O–H groups in total. The van der Waals surface area contributed by atoms with Crippen molar-refractivity contribution in [2.24, 2.45) is 14.1 Å². The Balaban J connectivity index is 1.75. The van der Waals surface area contributed by atoms with E-state index in [9.17, 15) is 4.79 Å². The smallest absolute Gasteiger partial charge is 0.328 e. The first kappa shape index (κ1) is 14.8. The SMILES string of the molecule is Cn1c(=O)n(C)c2c(C3CCC4(CC3)OCCO4)cc(N)cc21. The van der Waals surface area contributed by atoms with Gasteiger partial charge in [0, 0.05) is 32.6 Å². The maximum Gasteiger partial charge on any atom is 0.328 e. The van der Waals surface area contributed by atoms with Crippen molar-refractivity contribution >= 4 is 16.7 Å². The van der Waals surface area contributed by atoms with Crippen LogP contribution in [0.4, 0.5) is 5.69 Å². The van der Waals surface area contributed by atoms with E-state index in [-0.39, 0.29) is 11.5 Å². The third-order valence-electron chi connectivity index (χ3n) is 5.41. The second kappa shape index (κ2) is 5.11. The Hall–Kier alpha value is -1.79. The molecule has 1 spiro atoms. The molecule has 2 aromatic rings. The average Bonchev–Trinajstić information content (AvgIpc) is 3.08. The first-order chi connectivity index (χ1) is 11.0. The van der Waals surface area contributed by atoms with E-state index in [1.807, 2.05) is 19.2 Å². The van der Waals surface area contributed by atoms with Crippen LogP contribution in [-0.2, 0) is 23.6 Å². The number of nitrogen functional groups attached to an aromatic ring is 1. The lowest BCUT2D eigenvalue weighted by atomic mass is 9.80. The molecule has 1 aromatic heterocycles. The molecule has 0 bridgehead atoms. The number of hydrogen-bond donors (Lipinski definition) is 1. The van der Waals surface area contributed by atoms with Gasteiger partial charge in [0.25, 0.3) is 0 Å². The molecule has 1 aromatic carbocycles. The van der Waals surface area contributed by atoms with Gasteiger partial charge in [-0.1, -0.05) is 0 Å². The minimum absolute atomic E-state index is 0.0124. The molecule has 4 rings (SSSR count). The summed E-state index contributed by atoms with van der Waals surface area (Å²) in [6.07, 6.45) is 3.77. The summed E-state index contributed by atoms with van der Waals surface area (Å²) in [6, 6.07) is 3.91. The highest BCUT2D eigenvalue weighted by Crippen LogP contribution is 2.44. The molecule has 124 valence electrons. The molecule has 0 atom stereocenters. The van der Waals surface area contributed by atoms with Crippen LogP contribution in [0.15, 0.2) is 16.9 Å². The van der Waals surface area contributed by atoms with Crippen LogP contribution in [0.2, 0.25) is 0 Å². The highest BCUT2D eigenvalue weighted by atomic mass is 16.7. The third-order valence-corrected chi connectivity index (χ3v) is 5.41. The Bertz CT molecular complexity index is 805. The van der Waals surface area contributed by atoms with Crippen molar-refractivity contribution < 1.29 is 9.47 Å². The Morgan fingerprint density at radius 3 is 2.43 bits per heavy atom. The number of anilines is 1. The Morgan fingerprint density at radius 1 is 1.13 bits per heavy atom. The van der Waals surface area contributed by atoms with Gasteiger partial charge in [0.2, 0.25) is 0 Å². The average molecular weight is 317 g/mol. The van der Waals surface area contributed by atoms with E-state index in [0.29, 0.717) is 24.8 Å². The van der Waals surface area contributed by atoms with Gasteiger partial charge >= 0.3 is 5.69 Å². The summed E-state index contributed by atoms with van der Waals surface area (Å²) in [4.78, 5) is 12.3. The lowest BCUT2D eigenvalue weighted by Gasteiger charge is -2.35. The van der Waals surface area contributed by atoms with Gasteiger partial charge in [-0.3, -0.25) is 9.13 Å². The molecular formula is C17H23N3O3. The van der Waals surface area contributed by atoms with Crippen LogP contribution in [0.5, 0.6) is 0 Å². The number of nitrogens with two attached hydrogens (primary N) is 1. The largest absolute Gasteiger partial charge is 0.399 e. The zero-order chi connectivity index (χ0) is 16.2. The van der Waals surface area contributed by atoms with Crippen LogP contribution in [-0.4, -0.2) is 28.1 Å². The Kier molecular flexibility index (Phi) is 3.28. The fraction of sp³-hybridized carbons (Fsp3) is 0.588. The van der Waals surface area contributed by atoms with Crippen LogP contribution in [0.1, 0.15) is 37.2 Å². The monoisotopic (exact) mass is 317 g/mol. The molecule has 2 aliphatic rings. The van der Waals surface area contributed by atoms with Crippen LogP contribution in [0.3, 0.4) is 0 Å². The zero-order valence-electron chi connectivity index (χ0n) is 13.7. The summed E-state index contributed by atoms with van der Waals surface area (Å²) in [5.74, 6) is 0.0193. The van der Waals surface area contributed by atoms with Gasteiger partial charge in [-0.05, 0) is 36.5 Å². The highest BCUT2D eigenvalue weighted by Gasteiger charge is 2.41. The van der Waals surface area contributed by atoms with E-state index in [0.717, 1.165) is 36.7 Å². The minimum atomic E-state index is -0.363. The fourth-order valence-electron chi connectivity index (χ4n) is 4.17. The third kappa shape index (κ3) is 2.20. The van der Waals surface area contributed by atoms with Gasteiger partial charge in [0.15, 0.2) is 5.79 Å². The molecule has 6 nitrogen and oxygen atoms in total. The molecule has 2 fully saturated rings. The second-order valence-corrected chi connectivity index (χ2v) is 6.76. The lowest BCUT2D eigenvalue weighted by molar-refractivity contribution is -0.178. The molecule has 1 aliphatic carbocycles. The molecule has 1 aliphatic heterocycles. The summed E-state index contributed by atoms with van der Waals surface area (Å²) in [5, 5.41) is 0. The van der Waals surface area contributed by atoms with Gasteiger partial charge in [0.05, 0.1) is 24.2 Å². The molecular weight excluding hydrogens is 294 g/mol. The van der Waals surface area contributed by atoms with E-state index in [2.05, 4.69) is 0 Å². The van der Waals surface area contributed by atoms with E-state index < -0.39 is 0 Å². The van der Waals surface area contributed by atoms with Crippen LogP contribution < -0.4 is 11.4 Å². The normalized spacial score (nSPS) is 21.5. The number of fused-ring (bicyclic) bond motifs is 1. The van der Waals surface area contributed by atoms with E-state index in [1.165, 1.54) is 5.56 Å². The number of aromatic nitrogens is 2. The molecule has 0 unspecified atom stereocenters. The Morgan fingerprint density at radius 2 is 1.78 bits per heavy atom.